The Balaban J connectivity index is 1.31. The van der Waals surface area contributed by atoms with Crippen molar-refractivity contribution in [3.8, 4) is 5.69 Å². The predicted molar refractivity (Wildman–Crippen MR) is 150 cm³/mol. The molecule has 3 atom stereocenters. The number of carbonyl (C=O) groups is 1. The van der Waals surface area contributed by atoms with Crippen LogP contribution in [0.15, 0.2) is 36.4 Å². The minimum Gasteiger partial charge on any atom is -0.283 e. The molecule has 1 amide bonds. The van der Waals surface area contributed by atoms with Gasteiger partial charge in [-0.05, 0) is 86.5 Å². The van der Waals surface area contributed by atoms with Crippen molar-refractivity contribution >= 4 is 34.7 Å². The number of carbonyl (C=O) groups excluding carboxylic acids is 1. The van der Waals surface area contributed by atoms with E-state index in [4.69, 9.17) is 28.3 Å². The molecule has 0 radical (unpaired) electrons. The van der Waals surface area contributed by atoms with E-state index in [9.17, 15) is 4.79 Å². The first-order valence-electron chi connectivity index (χ1n) is 14.0. The van der Waals surface area contributed by atoms with Crippen molar-refractivity contribution in [3.05, 3.63) is 63.4 Å². The Bertz CT molecular complexity index is 1230. The first-order valence-corrected chi connectivity index (χ1v) is 14.7. The lowest BCUT2D eigenvalue weighted by atomic mass is 9.76. The molecule has 196 valence electrons. The average molecular weight is 540 g/mol. The summed E-state index contributed by atoms with van der Waals surface area (Å²) in [4.78, 5) is 13.5. The van der Waals surface area contributed by atoms with Crippen molar-refractivity contribution in [1.29, 1.82) is 0 Å². The largest absolute Gasteiger partial charge is 0.286 e. The number of halogens is 2. The number of fused-ring (bicyclic) bond motifs is 1. The van der Waals surface area contributed by atoms with Gasteiger partial charge in [0.25, 0.3) is 5.91 Å². The summed E-state index contributed by atoms with van der Waals surface area (Å²) in [6.07, 6.45) is 18.6. The van der Waals surface area contributed by atoms with Gasteiger partial charge in [0.15, 0.2) is 5.69 Å². The molecule has 3 unspecified atom stereocenters. The second-order valence-corrected chi connectivity index (χ2v) is 12.3. The Hall–Kier alpha value is -2.08. The van der Waals surface area contributed by atoms with Gasteiger partial charge in [-0.3, -0.25) is 10.2 Å². The van der Waals surface area contributed by atoms with Gasteiger partial charge < -0.3 is 0 Å². The Morgan fingerprint density at radius 2 is 1.73 bits per heavy atom. The maximum atomic E-state index is 13.5. The van der Waals surface area contributed by atoms with Crippen LogP contribution >= 0.6 is 23.2 Å². The SMILES string of the molecule is Cc1c(C(=O)NN2CC3CCCC3C2)nn(-c2ccc(Cl)cc2Cl)c1C1=CCC(C2CCCCC2)C=C1. The van der Waals surface area contributed by atoms with Gasteiger partial charge in [0.1, 0.15) is 0 Å². The van der Waals surface area contributed by atoms with Crippen LogP contribution in [0.25, 0.3) is 11.3 Å². The van der Waals surface area contributed by atoms with Crippen LogP contribution in [0.4, 0.5) is 0 Å². The number of hydrazine groups is 1. The van der Waals surface area contributed by atoms with Crippen LogP contribution in [0, 0.1) is 30.6 Å². The van der Waals surface area contributed by atoms with Crippen molar-refractivity contribution < 1.29 is 4.79 Å². The number of nitrogens with one attached hydrogen (secondary N) is 1. The zero-order valence-electron chi connectivity index (χ0n) is 21.6. The van der Waals surface area contributed by atoms with E-state index in [1.165, 1.54) is 51.4 Å². The molecule has 3 aliphatic carbocycles. The van der Waals surface area contributed by atoms with Crippen LogP contribution in [-0.4, -0.2) is 33.8 Å². The fourth-order valence-corrected chi connectivity index (χ4v) is 7.61. The molecule has 0 bridgehead atoms. The molecule has 1 N–H and O–H groups in total. The summed E-state index contributed by atoms with van der Waals surface area (Å²) in [7, 11) is 0. The summed E-state index contributed by atoms with van der Waals surface area (Å²) in [5.74, 6) is 2.63. The van der Waals surface area contributed by atoms with Crippen LogP contribution in [-0.2, 0) is 0 Å². The highest BCUT2D eigenvalue weighted by Gasteiger charge is 2.37. The van der Waals surface area contributed by atoms with E-state index in [-0.39, 0.29) is 5.91 Å². The first kappa shape index (κ1) is 25.2. The molecule has 6 rings (SSSR count). The van der Waals surface area contributed by atoms with Crippen LogP contribution in [0.2, 0.25) is 10.0 Å². The van der Waals surface area contributed by atoms with Gasteiger partial charge in [-0.25, -0.2) is 9.69 Å². The summed E-state index contributed by atoms with van der Waals surface area (Å²) in [5.41, 5.74) is 7.22. The number of aromatic nitrogens is 2. The van der Waals surface area contributed by atoms with Gasteiger partial charge in [0.05, 0.1) is 16.4 Å². The molecule has 37 heavy (non-hydrogen) atoms. The number of benzene rings is 1. The van der Waals surface area contributed by atoms with E-state index >= 15 is 0 Å². The molecular formula is C30H36Cl2N4O. The molecule has 2 heterocycles. The quantitative estimate of drug-likeness (QED) is 0.431. The third-order valence-electron chi connectivity index (χ3n) is 9.12. The average Bonchev–Trinajstić information content (AvgIpc) is 3.58. The Labute approximate surface area is 229 Å². The van der Waals surface area contributed by atoms with E-state index in [0.29, 0.717) is 33.5 Å². The normalized spacial score (nSPS) is 26.4. The maximum absolute atomic E-state index is 13.5. The third-order valence-corrected chi connectivity index (χ3v) is 9.66. The third kappa shape index (κ3) is 5.03. The molecule has 1 aliphatic heterocycles. The second-order valence-electron chi connectivity index (χ2n) is 11.4. The highest BCUT2D eigenvalue weighted by atomic mass is 35.5. The van der Waals surface area contributed by atoms with Gasteiger partial charge in [0, 0.05) is 23.7 Å². The van der Waals surface area contributed by atoms with Crippen molar-refractivity contribution in [2.24, 2.45) is 23.7 Å². The van der Waals surface area contributed by atoms with E-state index < -0.39 is 0 Å². The second kappa shape index (κ2) is 10.6. The molecule has 2 aromatic rings. The molecule has 1 saturated heterocycles. The molecule has 4 aliphatic rings. The lowest BCUT2D eigenvalue weighted by Gasteiger charge is -2.29. The number of hydrogen-bond acceptors (Lipinski definition) is 3. The van der Waals surface area contributed by atoms with Gasteiger partial charge in [-0.2, -0.15) is 5.10 Å². The number of rotatable bonds is 5. The van der Waals surface area contributed by atoms with Gasteiger partial charge >= 0.3 is 0 Å². The molecule has 0 spiro atoms. The number of hydrogen-bond donors (Lipinski definition) is 1. The monoisotopic (exact) mass is 538 g/mol. The summed E-state index contributed by atoms with van der Waals surface area (Å²) in [5, 5.41) is 8.02. The topological polar surface area (TPSA) is 50.2 Å². The van der Waals surface area contributed by atoms with Crippen molar-refractivity contribution in [1.82, 2.24) is 20.2 Å². The standard InChI is InChI=1S/C30H36Cl2N4O/c1-19-28(30(37)34-35-17-23-8-5-9-24(23)18-35)33-36(27-15-14-25(31)16-26(27)32)29(19)22-12-10-21(11-13-22)20-6-3-2-4-7-20/h10,12-16,20-21,23-24H,2-9,11,17-18H2,1H3,(H,34,37). The molecule has 7 heteroatoms. The van der Waals surface area contributed by atoms with Gasteiger partial charge in [-0.1, -0.05) is 67.1 Å². The molecule has 5 nitrogen and oxygen atoms in total. The Morgan fingerprint density at radius 1 is 1.00 bits per heavy atom. The highest BCUT2D eigenvalue weighted by molar-refractivity contribution is 6.35. The minimum atomic E-state index is -0.150. The van der Waals surface area contributed by atoms with Crippen molar-refractivity contribution in [3.63, 3.8) is 0 Å². The number of nitrogens with zero attached hydrogens (tertiary/aromatic N) is 3. The predicted octanol–water partition coefficient (Wildman–Crippen LogP) is 7.40. The van der Waals surface area contributed by atoms with Crippen molar-refractivity contribution in [2.45, 2.75) is 64.7 Å². The first-order chi connectivity index (χ1) is 18.0. The molecule has 2 saturated carbocycles. The minimum absolute atomic E-state index is 0.150. The molecular weight excluding hydrogens is 503 g/mol. The van der Waals surface area contributed by atoms with Gasteiger partial charge in [-0.15, -0.1) is 0 Å². The maximum Gasteiger partial charge on any atom is 0.286 e. The Kier molecular flexibility index (Phi) is 7.22. The molecule has 3 fully saturated rings. The lowest BCUT2D eigenvalue weighted by Crippen LogP contribution is -2.41. The lowest BCUT2D eigenvalue weighted by molar-refractivity contribution is 0.0808. The van der Waals surface area contributed by atoms with Crippen molar-refractivity contribution in [2.75, 3.05) is 13.1 Å². The van der Waals surface area contributed by atoms with E-state index in [1.54, 1.807) is 6.07 Å². The molecule has 1 aromatic carbocycles. The number of amides is 1. The summed E-state index contributed by atoms with van der Waals surface area (Å²) in [6, 6.07) is 5.42. The van der Waals surface area contributed by atoms with Crippen LogP contribution in [0.5, 0.6) is 0 Å². The summed E-state index contributed by atoms with van der Waals surface area (Å²) >= 11 is 12.8. The number of allylic oxidation sites excluding steroid dienone is 4. The Morgan fingerprint density at radius 3 is 2.41 bits per heavy atom. The highest BCUT2D eigenvalue weighted by Crippen LogP contribution is 2.39. The van der Waals surface area contributed by atoms with E-state index in [1.807, 2.05) is 23.7 Å². The van der Waals surface area contributed by atoms with Gasteiger partial charge in [0.2, 0.25) is 0 Å². The fraction of sp³-hybridized carbons (Fsp3) is 0.533. The van der Waals surface area contributed by atoms with Crippen LogP contribution in [0.3, 0.4) is 0 Å². The van der Waals surface area contributed by atoms with E-state index in [2.05, 4.69) is 28.7 Å². The molecule has 1 aromatic heterocycles. The van der Waals surface area contributed by atoms with E-state index in [0.717, 1.165) is 47.9 Å². The summed E-state index contributed by atoms with van der Waals surface area (Å²) < 4.78 is 1.83. The van der Waals surface area contributed by atoms with Crippen LogP contribution in [0.1, 0.15) is 79.5 Å². The zero-order valence-corrected chi connectivity index (χ0v) is 23.1. The summed E-state index contributed by atoms with van der Waals surface area (Å²) in [6.45, 7) is 3.86. The zero-order chi connectivity index (χ0) is 25.5. The van der Waals surface area contributed by atoms with Crippen LogP contribution < -0.4 is 5.43 Å². The smallest absolute Gasteiger partial charge is 0.283 e. The fourth-order valence-electron chi connectivity index (χ4n) is 7.13.